The molecule has 0 spiro atoms. The van der Waals surface area contributed by atoms with Crippen molar-refractivity contribution in [1.82, 2.24) is 15.2 Å². The minimum absolute atomic E-state index is 0.104. The molecule has 0 bridgehead atoms. The van der Waals surface area contributed by atoms with Crippen molar-refractivity contribution in [1.29, 1.82) is 0 Å². The molecular weight excluding hydrogens is 444 g/mol. The number of likely N-dealkylation sites (tertiary alicyclic amines) is 1. The van der Waals surface area contributed by atoms with Crippen LogP contribution in [-0.4, -0.2) is 53.8 Å². The SMILES string of the molecule is COc1ccccc1C(=O)NC(C(=O)N1CCC(C(=O)Nc2ccc(Cl)cn2)CC1)C(C)C. The van der Waals surface area contributed by atoms with Crippen molar-refractivity contribution in [3.63, 3.8) is 0 Å². The molecule has 1 saturated heterocycles. The van der Waals surface area contributed by atoms with Crippen LogP contribution < -0.4 is 15.4 Å². The van der Waals surface area contributed by atoms with Gasteiger partial charge in [-0.15, -0.1) is 0 Å². The van der Waals surface area contributed by atoms with Gasteiger partial charge in [0.1, 0.15) is 17.6 Å². The number of anilines is 1. The molecule has 1 fully saturated rings. The number of para-hydroxylation sites is 1. The van der Waals surface area contributed by atoms with Gasteiger partial charge in [-0.05, 0) is 43.0 Å². The Bertz CT molecular complexity index is 988. The predicted octanol–water partition coefficient (Wildman–Crippen LogP) is 3.38. The van der Waals surface area contributed by atoms with E-state index < -0.39 is 6.04 Å². The van der Waals surface area contributed by atoms with Gasteiger partial charge >= 0.3 is 0 Å². The highest BCUT2D eigenvalue weighted by atomic mass is 35.5. The summed E-state index contributed by atoms with van der Waals surface area (Å²) >= 11 is 5.83. The molecule has 2 N–H and O–H groups in total. The van der Waals surface area contributed by atoms with Crippen LogP contribution in [0.1, 0.15) is 37.0 Å². The second-order valence-electron chi connectivity index (χ2n) is 8.35. The van der Waals surface area contributed by atoms with E-state index in [4.69, 9.17) is 16.3 Å². The molecule has 1 aliphatic rings. The van der Waals surface area contributed by atoms with Gasteiger partial charge in [-0.3, -0.25) is 14.4 Å². The van der Waals surface area contributed by atoms with Crippen molar-refractivity contribution in [3.8, 4) is 5.75 Å². The summed E-state index contributed by atoms with van der Waals surface area (Å²) in [7, 11) is 1.50. The van der Waals surface area contributed by atoms with E-state index in [2.05, 4.69) is 15.6 Å². The van der Waals surface area contributed by atoms with Gasteiger partial charge in [0.2, 0.25) is 11.8 Å². The number of halogens is 1. The third kappa shape index (κ3) is 6.22. The Kier molecular flexibility index (Phi) is 8.27. The Labute approximate surface area is 198 Å². The maximum Gasteiger partial charge on any atom is 0.255 e. The fourth-order valence-corrected chi connectivity index (χ4v) is 3.91. The number of carbonyl (C=O) groups excluding carboxylic acids is 3. The summed E-state index contributed by atoms with van der Waals surface area (Å²) in [5.74, 6) is -0.0494. The lowest BCUT2D eigenvalue weighted by atomic mass is 9.94. The van der Waals surface area contributed by atoms with Crippen LogP contribution in [0, 0.1) is 11.8 Å². The summed E-state index contributed by atoms with van der Waals surface area (Å²) in [6.45, 7) is 4.67. The number of hydrogen-bond donors (Lipinski definition) is 2. The lowest BCUT2D eigenvalue weighted by Crippen LogP contribution is -2.53. The summed E-state index contributed by atoms with van der Waals surface area (Å²) in [6.07, 6.45) is 2.55. The van der Waals surface area contributed by atoms with Crippen LogP contribution in [0.25, 0.3) is 0 Å². The number of piperidine rings is 1. The van der Waals surface area contributed by atoms with E-state index in [-0.39, 0.29) is 29.6 Å². The van der Waals surface area contributed by atoms with Crippen molar-refractivity contribution in [3.05, 3.63) is 53.2 Å². The average molecular weight is 473 g/mol. The zero-order valence-electron chi connectivity index (χ0n) is 19.0. The highest BCUT2D eigenvalue weighted by Gasteiger charge is 2.33. The fraction of sp³-hybridized carbons (Fsp3) is 0.417. The molecule has 3 rings (SSSR count). The van der Waals surface area contributed by atoms with Crippen molar-refractivity contribution in [2.75, 3.05) is 25.5 Å². The van der Waals surface area contributed by atoms with E-state index in [1.54, 1.807) is 41.3 Å². The molecule has 8 nitrogen and oxygen atoms in total. The topological polar surface area (TPSA) is 101 Å². The average Bonchev–Trinajstić information content (AvgIpc) is 2.83. The van der Waals surface area contributed by atoms with E-state index >= 15 is 0 Å². The molecule has 2 aromatic rings. The summed E-state index contributed by atoms with van der Waals surface area (Å²) in [5, 5.41) is 6.16. The number of hydrogen-bond acceptors (Lipinski definition) is 5. The van der Waals surface area contributed by atoms with E-state index in [9.17, 15) is 14.4 Å². The number of methoxy groups -OCH3 is 1. The first-order valence-corrected chi connectivity index (χ1v) is 11.3. The molecule has 0 aliphatic carbocycles. The largest absolute Gasteiger partial charge is 0.496 e. The number of aromatic nitrogens is 1. The van der Waals surface area contributed by atoms with E-state index in [0.717, 1.165) is 0 Å². The molecule has 0 saturated carbocycles. The minimum atomic E-state index is -0.675. The van der Waals surface area contributed by atoms with Gasteiger partial charge in [0, 0.05) is 25.2 Å². The molecule has 2 heterocycles. The molecule has 1 aliphatic heterocycles. The lowest BCUT2D eigenvalue weighted by Gasteiger charge is -2.35. The van der Waals surface area contributed by atoms with Crippen LogP contribution in [0.5, 0.6) is 5.75 Å². The van der Waals surface area contributed by atoms with Crippen LogP contribution in [-0.2, 0) is 9.59 Å². The maximum absolute atomic E-state index is 13.2. The number of ether oxygens (including phenoxy) is 1. The number of rotatable bonds is 7. The second-order valence-corrected chi connectivity index (χ2v) is 8.78. The van der Waals surface area contributed by atoms with Gasteiger partial charge in [-0.25, -0.2) is 4.98 Å². The molecule has 1 aromatic heterocycles. The van der Waals surface area contributed by atoms with Crippen molar-refractivity contribution >= 4 is 35.1 Å². The third-order valence-corrected chi connectivity index (χ3v) is 5.95. The number of amides is 3. The number of nitrogens with one attached hydrogen (secondary N) is 2. The molecule has 1 atom stereocenters. The highest BCUT2D eigenvalue weighted by Crippen LogP contribution is 2.22. The van der Waals surface area contributed by atoms with Crippen LogP contribution in [0.15, 0.2) is 42.6 Å². The van der Waals surface area contributed by atoms with Crippen molar-refractivity contribution in [2.24, 2.45) is 11.8 Å². The zero-order chi connectivity index (χ0) is 24.0. The summed E-state index contributed by atoms with van der Waals surface area (Å²) < 4.78 is 5.26. The maximum atomic E-state index is 13.2. The molecule has 176 valence electrons. The summed E-state index contributed by atoms with van der Waals surface area (Å²) in [5.41, 5.74) is 0.379. The lowest BCUT2D eigenvalue weighted by molar-refractivity contribution is -0.137. The molecular formula is C24H29ClN4O4. The Morgan fingerprint density at radius 3 is 2.42 bits per heavy atom. The molecule has 9 heteroatoms. The Balaban J connectivity index is 1.58. The van der Waals surface area contributed by atoms with Crippen LogP contribution in [0.4, 0.5) is 5.82 Å². The van der Waals surface area contributed by atoms with E-state index in [1.165, 1.54) is 13.3 Å². The Morgan fingerprint density at radius 2 is 1.82 bits per heavy atom. The Morgan fingerprint density at radius 1 is 1.12 bits per heavy atom. The summed E-state index contributed by atoms with van der Waals surface area (Å²) in [4.78, 5) is 44.4. The molecule has 1 unspecified atom stereocenters. The van der Waals surface area contributed by atoms with Crippen molar-refractivity contribution < 1.29 is 19.1 Å². The van der Waals surface area contributed by atoms with Gasteiger partial charge < -0.3 is 20.3 Å². The van der Waals surface area contributed by atoms with Crippen molar-refractivity contribution in [2.45, 2.75) is 32.7 Å². The highest BCUT2D eigenvalue weighted by molar-refractivity contribution is 6.30. The predicted molar refractivity (Wildman–Crippen MR) is 126 cm³/mol. The van der Waals surface area contributed by atoms with Gasteiger partial charge in [0.25, 0.3) is 5.91 Å². The monoisotopic (exact) mass is 472 g/mol. The van der Waals surface area contributed by atoms with E-state index in [0.29, 0.717) is 48.1 Å². The summed E-state index contributed by atoms with van der Waals surface area (Å²) in [6, 6.07) is 9.54. The van der Waals surface area contributed by atoms with Gasteiger partial charge in [0.05, 0.1) is 17.7 Å². The Hall–Kier alpha value is -3.13. The van der Waals surface area contributed by atoms with Crippen LogP contribution in [0.2, 0.25) is 5.02 Å². The number of carbonyl (C=O) groups is 3. The van der Waals surface area contributed by atoms with Gasteiger partial charge in [-0.1, -0.05) is 37.6 Å². The number of nitrogens with zero attached hydrogens (tertiary/aromatic N) is 2. The molecule has 3 amide bonds. The van der Waals surface area contributed by atoms with Crippen LogP contribution in [0.3, 0.4) is 0 Å². The standard InChI is InChI=1S/C24H29ClN4O4/c1-15(2)21(28-23(31)18-6-4-5-7-19(18)33-3)24(32)29-12-10-16(11-13-29)22(30)27-20-9-8-17(25)14-26-20/h4-9,14-16,21H,10-13H2,1-3H3,(H,28,31)(H,26,27,30). The third-order valence-electron chi connectivity index (χ3n) is 5.73. The first-order chi connectivity index (χ1) is 15.8. The first-order valence-electron chi connectivity index (χ1n) is 10.9. The van der Waals surface area contributed by atoms with Crippen LogP contribution >= 0.6 is 11.6 Å². The molecule has 33 heavy (non-hydrogen) atoms. The fourth-order valence-electron chi connectivity index (χ4n) is 3.80. The molecule has 1 aromatic carbocycles. The molecule has 0 radical (unpaired) electrons. The number of pyridine rings is 1. The van der Waals surface area contributed by atoms with E-state index in [1.807, 2.05) is 13.8 Å². The number of benzene rings is 1. The minimum Gasteiger partial charge on any atom is -0.496 e. The first kappa shape index (κ1) is 24.5. The quantitative estimate of drug-likeness (QED) is 0.643. The van der Waals surface area contributed by atoms with Gasteiger partial charge in [-0.2, -0.15) is 0 Å². The zero-order valence-corrected chi connectivity index (χ0v) is 19.8. The van der Waals surface area contributed by atoms with Gasteiger partial charge in [0.15, 0.2) is 0 Å². The normalized spacial score (nSPS) is 15.1. The smallest absolute Gasteiger partial charge is 0.255 e. The second kappa shape index (κ2) is 11.1.